The van der Waals surface area contributed by atoms with Crippen LogP contribution in [0, 0.1) is 11.3 Å². The van der Waals surface area contributed by atoms with Crippen LogP contribution in [0.2, 0.25) is 0 Å². The van der Waals surface area contributed by atoms with E-state index >= 15 is 0 Å². The number of hydrogen-bond acceptors (Lipinski definition) is 8. The second-order valence-corrected chi connectivity index (χ2v) is 9.53. The van der Waals surface area contributed by atoms with Crippen LogP contribution in [-0.2, 0) is 14.8 Å². The zero-order valence-corrected chi connectivity index (χ0v) is 17.7. The lowest BCUT2D eigenvalue weighted by Crippen LogP contribution is -2.51. The van der Waals surface area contributed by atoms with Crippen molar-refractivity contribution < 1.29 is 13.2 Å². The van der Waals surface area contributed by atoms with Gasteiger partial charge in [0.15, 0.2) is 0 Å². The lowest BCUT2D eigenvalue weighted by atomic mass is 10.2. The summed E-state index contributed by atoms with van der Waals surface area (Å²) in [6.45, 7) is 4.86. The number of sulfonamides is 1. The van der Waals surface area contributed by atoms with E-state index in [0.717, 1.165) is 0 Å². The molecular formula is C17H21N7O3S2. The number of tetrazole rings is 1. The smallest absolute Gasteiger partial charge is 0.244 e. The molecule has 0 bridgehead atoms. The van der Waals surface area contributed by atoms with Crippen LogP contribution in [0.1, 0.15) is 25.5 Å². The SMILES string of the molecule is CC(C)n1nnnc1SCC(=O)N1CCN(S(=O)(=O)c2ccccc2C#N)CC1. The molecule has 0 unspecified atom stereocenters. The number of aromatic nitrogens is 4. The Morgan fingerprint density at radius 1 is 1.24 bits per heavy atom. The maximum absolute atomic E-state index is 12.9. The van der Waals surface area contributed by atoms with E-state index in [1.165, 1.54) is 28.2 Å². The average molecular weight is 436 g/mol. The van der Waals surface area contributed by atoms with Gasteiger partial charge >= 0.3 is 0 Å². The fourth-order valence-corrected chi connectivity index (χ4v) is 5.40. The minimum Gasteiger partial charge on any atom is -0.339 e. The summed E-state index contributed by atoms with van der Waals surface area (Å²) in [5, 5.41) is 21.2. The van der Waals surface area contributed by atoms with Gasteiger partial charge in [-0.3, -0.25) is 4.79 Å². The highest BCUT2D eigenvalue weighted by atomic mass is 32.2. The number of benzene rings is 1. The lowest BCUT2D eigenvalue weighted by molar-refractivity contribution is -0.129. The van der Waals surface area contributed by atoms with Crippen LogP contribution >= 0.6 is 11.8 Å². The van der Waals surface area contributed by atoms with Gasteiger partial charge in [-0.2, -0.15) is 9.57 Å². The number of carbonyl (C=O) groups excluding carboxylic acids is 1. The molecule has 3 rings (SSSR count). The minimum absolute atomic E-state index is 0.00152. The average Bonchev–Trinajstić information content (AvgIpc) is 3.21. The quantitative estimate of drug-likeness (QED) is 0.609. The Labute approximate surface area is 173 Å². The summed E-state index contributed by atoms with van der Waals surface area (Å²) < 4.78 is 28.7. The maximum Gasteiger partial charge on any atom is 0.244 e. The number of nitrogens with zero attached hydrogens (tertiary/aromatic N) is 7. The highest BCUT2D eigenvalue weighted by Crippen LogP contribution is 2.22. The second-order valence-electron chi connectivity index (χ2n) is 6.68. The summed E-state index contributed by atoms with van der Waals surface area (Å²) in [6.07, 6.45) is 0. The normalized spacial score (nSPS) is 15.4. The first-order valence-electron chi connectivity index (χ1n) is 9.02. The monoisotopic (exact) mass is 435 g/mol. The van der Waals surface area contributed by atoms with E-state index in [4.69, 9.17) is 0 Å². The molecule has 0 spiro atoms. The molecule has 1 saturated heterocycles. The Morgan fingerprint density at radius 3 is 2.59 bits per heavy atom. The van der Waals surface area contributed by atoms with Crippen molar-refractivity contribution in [1.82, 2.24) is 29.4 Å². The van der Waals surface area contributed by atoms with Gasteiger partial charge in [0.2, 0.25) is 21.1 Å². The number of rotatable bonds is 6. The van der Waals surface area contributed by atoms with Gasteiger partial charge in [0.05, 0.1) is 22.3 Å². The van der Waals surface area contributed by atoms with Gasteiger partial charge in [-0.25, -0.2) is 13.1 Å². The molecule has 1 aliphatic rings. The predicted octanol–water partition coefficient (Wildman–Crippen LogP) is 0.751. The largest absolute Gasteiger partial charge is 0.339 e. The highest BCUT2D eigenvalue weighted by molar-refractivity contribution is 7.99. The first-order chi connectivity index (χ1) is 13.8. The van der Waals surface area contributed by atoms with E-state index in [0.29, 0.717) is 18.2 Å². The van der Waals surface area contributed by atoms with E-state index in [1.54, 1.807) is 21.7 Å². The van der Waals surface area contributed by atoms with Crippen LogP contribution < -0.4 is 0 Å². The Morgan fingerprint density at radius 2 is 1.93 bits per heavy atom. The van der Waals surface area contributed by atoms with Crippen molar-refractivity contribution in [3.05, 3.63) is 29.8 Å². The molecule has 2 heterocycles. The molecule has 12 heteroatoms. The van der Waals surface area contributed by atoms with E-state index in [2.05, 4.69) is 15.5 Å². The van der Waals surface area contributed by atoms with Gasteiger partial charge in [-0.15, -0.1) is 5.10 Å². The van der Waals surface area contributed by atoms with Gasteiger partial charge in [0.1, 0.15) is 6.07 Å². The fourth-order valence-electron chi connectivity index (χ4n) is 2.92. The summed E-state index contributed by atoms with van der Waals surface area (Å²) in [5.74, 6) is 0.0830. The van der Waals surface area contributed by atoms with Crippen molar-refractivity contribution in [2.75, 3.05) is 31.9 Å². The topological polar surface area (TPSA) is 125 Å². The van der Waals surface area contributed by atoms with Crippen molar-refractivity contribution in [1.29, 1.82) is 5.26 Å². The zero-order valence-electron chi connectivity index (χ0n) is 16.1. The van der Waals surface area contributed by atoms with Crippen molar-refractivity contribution in [2.45, 2.75) is 29.9 Å². The number of amides is 1. The molecule has 154 valence electrons. The first kappa shape index (κ1) is 21.2. The molecule has 0 aliphatic carbocycles. The van der Waals surface area contributed by atoms with Crippen LogP contribution in [0.4, 0.5) is 0 Å². The van der Waals surface area contributed by atoms with E-state index < -0.39 is 10.0 Å². The molecular weight excluding hydrogens is 414 g/mol. The number of carbonyl (C=O) groups is 1. The van der Waals surface area contributed by atoms with Crippen LogP contribution in [0.25, 0.3) is 0 Å². The van der Waals surface area contributed by atoms with Gasteiger partial charge in [0, 0.05) is 26.2 Å². The summed E-state index contributed by atoms with van der Waals surface area (Å²) in [6, 6.07) is 8.14. The Hall–Kier alpha value is -2.49. The third kappa shape index (κ3) is 4.58. The molecule has 29 heavy (non-hydrogen) atoms. The number of hydrogen-bond donors (Lipinski definition) is 0. The van der Waals surface area contributed by atoms with Crippen LogP contribution in [0.15, 0.2) is 34.3 Å². The Kier molecular flexibility index (Phi) is 6.51. The van der Waals surface area contributed by atoms with Gasteiger partial charge in [-0.1, -0.05) is 23.9 Å². The molecule has 1 fully saturated rings. The molecule has 1 amide bonds. The lowest BCUT2D eigenvalue weighted by Gasteiger charge is -2.34. The maximum atomic E-state index is 12.9. The third-order valence-electron chi connectivity index (χ3n) is 4.49. The Balaban J connectivity index is 1.59. The summed E-state index contributed by atoms with van der Waals surface area (Å²) in [5.41, 5.74) is 0.116. The fraction of sp³-hybridized carbons (Fsp3) is 0.471. The number of thioether (sulfide) groups is 1. The molecule has 1 aliphatic heterocycles. The molecule has 0 radical (unpaired) electrons. The third-order valence-corrected chi connectivity index (χ3v) is 7.37. The summed E-state index contributed by atoms with van der Waals surface area (Å²) >= 11 is 1.26. The summed E-state index contributed by atoms with van der Waals surface area (Å²) in [4.78, 5) is 14.2. The van der Waals surface area contributed by atoms with Crippen molar-refractivity contribution >= 4 is 27.7 Å². The molecule has 0 saturated carbocycles. The first-order valence-corrected chi connectivity index (χ1v) is 11.4. The zero-order chi connectivity index (χ0) is 21.0. The van der Waals surface area contributed by atoms with Crippen molar-refractivity contribution in [3.63, 3.8) is 0 Å². The van der Waals surface area contributed by atoms with E-state index in [9.17, 15) is 18.5 Å². The van der Waals surface area contributed by atoms with Crippen LogP contribution in [0.3, 0.4) is 0 Å². The molecule has 10 nitrogen and oxygen atoms in total. The van der Waals surface area contributed by atoms with Gasteiger partial charge < -0.3 is 4.90 Å². The van der Waals surface area contributed by atoms with E-state index in [-0.39, 0.29) is 41.3 Å². The molecule has 0 N–H and O–H groups in total. The van der Waals surface area contributed by atoms with Crippen molar-refractivity contribution in [2.24, 2.45) is 0 Å². The standard InChI is InChI=1S/C17H21N7O3S2/c1-13(2)24-17(19-20-21-24)28-12-16(25)22-7-9-23(10-8-22)29(26,27)15-6-4-3-5-14(15)11-18/h3-6,13H,7-10,12H2,1-2H3. The summed E-state index contributed by atoms with van der Waals surface area (Å²) in [7, 11) is -3.78. The minimum atomic E-state index is -3.78. The second kappa shape index (κ2) is 8.89. The predicted molar refractivity (Wildman–Crippen MR) is 105 cm³/mol. The van der Waals surface area contributed by atoms with Crippen molar-refractivity contribution in [3.8, 4) is 6.07 Å². The Bertz CT molecular complexity index is 1020. The van der Waals surface area contributed by atoms with E-state index in [1.807, 2.05) is 19.9 Å². The van der Waals surface area contributed by atoms with Crippen LogP contribution in [-0.4, -0.2) is 75.7 Å². The number of nitriles is 1. The molecule has 1 aromatic carbocycles. The molecule has 0 atom stereocenters. The number of piperazine rings is 1. The highest BCUT2D eigenvalue weighted by Gasteiger charge is 2.31. The van der Waals surface area contributed by atoms with Crippen LogP contribution in [0.5, 0.6) is 0 Å². The molecule has 2 aromatic rings. The molecule has 1 aromatic heterocycles. The van der Waals surface area contributed by atoms with Gasteiger partial charge in [-0.05, 0) is 36.4 Å². The van der Waals surface area contributed by atoms with Gasteiger partial charge in [0.25, 0.3) is 0 Å².